The smallest absolute Gasteiger partial charge is 0.430 e. The van der Waals surface area contributed by atoms with Gasteiger partial charge in [-0.05, 0) is 6.92 Å². The quantitative estimate of drug-likeness (QED) is 0.511. The lowest BCUT2D eigenvalue weighted by molar-refractivity contribution is 0.121. The molecule has 1 heterocycles. The molecular formula is C6H12O5. The standard InChI is InChI=1S/C4H6O3.C2H6O2/c1-3-2-6-4(5)7-3;3-1-2-4/h3H,2H2,1H3;3-4H,1-2H2. The van der Waals surface area contributed by atoms with Crippen LogP contribution in [0.1, 0.15) is 6.92 Å². The van der Waals surface area contributed by atoms with Gasteiger partial charge in [-0.3, -0.25) is 0 Å². The van der Waals surface area contributed by atoms with Crippen LogP contribution in [0, 0.1) is 0 Å². The Hall–Kier alpha value is -0.810. The Labute approximate surface area is 64.5 Å². The van der Waals surface area contributed by atoms with Gasteiger partial charge in [0.05, 0.1) is 13.2 Å². The molecule has 0 radical (unpaired) electrons. The van der Waals surface area contributed by atoms with Crippen molar-refractivity contribution in [3.8, 4) is 0 Å². The SMILES string of the molecule is CC1COC(=O)O1.OCCO. The molecule has 1 rings (SSSR count). The first-order valence-electron chi connectivity index (χ1n) is 3.25. The van der Waals surface area contributed by atoms with E-state index in [-0.39, 0.29) is 19.3 Å². The van der Waals surface area contributed by atoms with E-state index in [1.807, 2.05) is 0 Å². The van der Waals surface area contributed by atoms with Crippen molar-refractivity contribution in [3.63, 3.8) is 0 Å². The number of hydrogen-bond donors (Lipinski definition) is 2. The van der Waals surface area contributed by atoms with Gasteiger partial charge in [0.1, 0.15) is 12.7 Å². The molecule has 11 heavy (non-hydrogen) atoms. The van der Waals surface area contributed by atoms with Gasteiger partial charge >= 0.3 is 6.16 Å². The van der Waals surface area contributed by atoms with Crippen LogP contribution in [0.25, 0.3) is 0 Å². The fourth-order valence-corrected chi connectivity index (χ4v) is 0.418. The molecule has 0 bridgehead atoms. The highest BCUT2D eigenvalue weighted by molar-refractivity contribution is 5.61. The third-order valence-electron chi connectivity index (χ3n) is 0.833. The third-order valence-corrected chi connectivity index (χ3v) is 0.833. The van der Waals surface area contributed by atoms with E-state index in [4.69, 9.17) is 10.2 Å². The summed E-state index contributed by atoms with van der Waals surface area (Å²) in [5, 5.41) is 15.2. The van der Waals surface area contributed by atoms with Crippen molar-refractivity contribution in [2.75, 3.05) is 19.8 Å². The van der Waals surface area contributed by atoms with E-state index in [0.29, 0.717) is 6.61 Å². The van der Waals surface area contributed by atoms with Crippen LogP contribution in [0.2, 0.25) is 0 Å². The van der Waals surface area contributed by atoms with Crippen molar-refractivity contribution < 1.29 is 24.5 Å². The molecule has 1 aliphatic heterocycles. The van der Waals surface area contributed by atoms with Crippen LogP contribution in [-0.2, 0) is 9.47 Å². The highest BCUT2D eigenvalue weighted by Crippen LogP contribution is 2.02. The lowest BCUT2D eigenvalue weighted by atomic mass is 10.5. The first-order valence-corrected chi connectivity index (χ1v) is 3.25. The molecule has 1 unspecified atom stereocenters. The number of cyclic esters (lactones) is 2. The zero-order valence-corrected chi connectivity index (χ0v) is 6.32. The maximum Gasteiger partial charge on any atom is 0.508 e. The zero-order chi connectivity index (χ0) is 8.69. The molecule has 1 saturated heterocycles. The summed E-state index contributed by atoms with van der Waals surface area (Å²) in [5.74, 6) is 0. The van der Waals surface area contributed by atoms with Crippen molar-refractivity contribution in [2.45, 2.75) is 13.0 Å². The fourth-order valence-electron chi connectivity index (χ4n) is 0.418. The molecule has 2 N–H and O–H groups in total. The van der Waals surface area contributed by atoms with E-state index in [2.05, 4.69) is 9.47 Å². The van der Waals surface area contributed by atoms with Crippen LogP contribution in [0.3, 0.4) is 0 Å². The van der Waals surface area contributed by atoms with Gasteiger partial charge in [-0.2, -0.15) is 0 Å². The summed E-state index contributed by atoms with van der Waals surface area (Å²) < 4.78 is 8.90. The fraction of sp³-hybridized carbons (Fsp3) is 0.833. The minimum absolute atomic E-state index is 0.0486. The molecule has 5 heteroatoms. The van der Waals surface area contributed by atoms with Gasteiger partial charge in [0.2, 0.25) is 0 Å². The minimum atomic E-state index is -0.549. The molecule has 1 fully saturated rings. The van der Waals surface area contributed by atoms with Crippen LogP contribution < -0.4 is 0 Å². The number of ether oxygens (including phenoxy) is 2. The summed E-state index contributed by atoms with van der Waals surface area (Å²) in [7, 11) is 0. The maximum atomic E-state index is 10.0. The Bertz CT molecular complexity index is 112. The van der Waals surface area contributed by atoms with Gasteiger partial charge in [-0.15, -0.1) is 0 Å². The Morgan fingerprint density at radius 2 is 2.09 bits per heavy atom. The van der Waals surface area contributed by atoms with Gasteiger partial charge in [0, 0.05) is 0 Å². The van der Waals surface area contributed by atoms with Gasteiger partial charge in [0.25, 0.3) is 0 Å². The van der Waals surface area contributed by atoms with Crippen LogP contribution in [0.4, 0.5) is 4.79 Å². The van der Waals surface area contributed by atoms with E-state index >= 15 is 0 Å². The molecule has 1 aliphatic rings. The van der Waals surface area contributed by atoms with E-state index in [0.717, 1.165) is 0 Å². The summed E-state index contributed by atoms with van der Waals surface area (Å²) in [5.41, 5.74) is 0. The number of hydrogen-bond acceptors (Lipinski definition) is 5. The summed E-state index contributed by atoms with van der Waals surface area (Å²) in [4.78, 5) is 10.0. The lowest BCUT2D eigenvalue weighted by Gasteiger charge is -1.90. The summed E-state index contributed by atoms with van der Waals surface area (Å²) in [6.07, 6.45) is -0.597. The largest absolute Gasteiger partial charge is 0.508 e. The Morgan fingerprint density at radius 1 is 1.55 bits per heavy atom. The number of rotatable bonds is 1. The number of carbonyl (C=O) groups is 1. The van der Waals surface area contributed by atoms with Crippen molar-refractivity contribution in [1.82, 2.24) is 0 Å². The predicted octanol–water partition coefficient (Wildman–Crippen LogP) is -0.487. The zero-order valence-electron chi connectivity index (χ0n) is 6.32. The molecule has 0 aromatic heterocycles. The van der Waals surface area contributed by atoms with Crippen molar-refractivity contribution >= 4 is 6.16 Å². The summed E-state index contributed by atoms with van der Waals surface area (Å²) in [6.45, 7) is 1.93. The molecule has 0 aromatic rings. The van der Waals surface area contributed by atoms with Crippen molar-refractivity contribution in [2.24, 2.45) is 0 Å². The Morgan fingerprint density at radius 3 is 2.18 bits per heavy atom. The molecule has 66 valence electrons. The van der Waals surface area contributed by atoms with Gasteiger partial charge < -0.3 is 19.7 Å². The van der Waals surface area contributed by atoms with E-state index in [1.165, 1.54) is 0 Å². The second-order valence-electron chi connectivity index (χ2n) is 1.94. The second-order valence-corrected chi connectivity index (χ2v) is 1.94. The van der Waals surface area contributed by atoms with Crippen molar-refractivity contribution in [3.05, 3.63) is 0 Å². The highest BCUT2D eigenvalue weighted by atomic mass is 16.8. The molecule has 0 aliphatic carbocycles. The molecule has 0 amide bonds. The Balaban J connectivity index is 0.000000218. The van der Waals surface area contributed by atoms with Gasteiger partial charge in [0.15, 0.2) is 0 Å². The minimum Gasteiger partial charge on any atom is -0.430 e. The summed E-state index contributed by atoms with van der Waals surface area (Å²) >= 11 is 0. The van der Waals surface area contributed by atoms with Crippen LogP contribution >= 0.6 is 0 Å². The van der Waals surface area contributed by atoms with E-state index in [1.54, 1.807) is 6.92 Å². The summed E-state index contributed by atoms with van der Waals surface area (Å²) in [6, 6.07) is 0. The highest BCUT2D eigenvalue weighted by Gasteiger charge is 2.19. The number of carbonyl (C=O) groups excluding carboxylic acids is 1. The van der Waals surface area contributed by atoms with Crippen LogP contribution in [-0.4, -0.2) is 42.3 Å². The predicted molar refractivity (Wildman–Crippen MR) is 36.1 cm³/mol. The molecule has 0 aromatic carbocycles. The first kappa shape index (κ1) is 10.2. The molecule has 0 spiro atoms. The number of aliphatic hydroxyl groups excluding tert-OH is 2. The van der Waals surface area contributed by atoms with E-state index < -0.39 is 6.16 Å². The third kappa shape index (κ3) is 5.63. The average Bonchev–Trinajstić information content (AvgIpc) is 2.35. The monoisotopic (exact) mass is 164 g/mol. The van der Waals surface area contributed by atoms with Crippen LogP contribution in [0.5, 0.6) is 0 Å². The van der Waals surface area contributed by atoms with Gasteiger partial charge in [-0.25, -0.2) is 4.79 Å². The second kappa shape index (κ2) is 5.94. The molecule has 5 nitrogen and oxygen atoms in total. The van der Waals surface area contributed by atoms with Crippen molar-refractivity contribution in [1.29, 1.82) is 0 Å². The number of aliphatic hydroxyl groups is 2. The van der Waals surface area contributed by atoms with Gasteiger partial charge in [-0.1, -0.05) is 0 Å². The molecular weight excluding hydrogens is 152 g/mol. The van der Waals surface area contributed by atoms with E-state index in [9.17, 15) is 4.79 Å². The molecule has 0 saturated carbocycles. The normalized spacial score (nSPS) is 21.4. The molecule has 1 atom stereocenters. The first-order chi connectivity index (χ1) is 5.20. The topological polar surface area (TPSA) is 76.0 Å². The average molecular weight is 164 g/mol. The maximum absolute atomic E-state index is 10.0. The van der Waals surface area contributed by atoms with Crippen LogP contribution in [0.15, 0.2) is 0 Å². The Kier molecular flexibility index (Phi) is 5.50. The lowest BCUT2D eigenvalue weighted by Crippen LogP contribution is -2.01.